The molecule has 1 unspecified atom stereocenters. The highest BCUT2D eigenvalue weighted by Crippen LogP contribution is 2.17. The molecule has 96 valence electrons. The van der Waals surface area contributed by atoms with Gasteiger partial charge in [0.15, 0.2) is 0 Å². The highest BCUT2D eigenvalue weighted by Gasteiger charge is 2.20. The molecule has 6 nitrogen and oxygen atoms in total. The molecule has 1 aliphatic rings. The molecular formula is C10H18N4O2S. The lowest BCUT2D eigenvalue weighted by atomic mass is 10.3. The molecule has 2 N–H and O–H groups in total. The Morgan fingerprint density at radius 2 is 2.47 bits per heavy atom. The molecule has 0 bridgehead atoms. The molecule has 0 radical (unpaired) electrons. The zero-order valence-electron chi connectivity index (χ0n) is 9.93. The SMILES string of the molecule is CCNc1nnc(CN2CCOC(CO)C2)s1. The van der Waals surface area contributed by atoms with E-state index in [1.165, 1.54) is 0 Å². The molecule has 1 aromatic heterocycles. The summed E-state index contributed by atoms with van der Waals surface area (Å²) in [6.45, 7) is 6.06. The van der Waals surface area contributed by atoms with Gasteiger partial charge in [-0.15, -0.1) is 10.2 Å². The summed E-state index contributed by atoms with van der Waals surface area (Å²) < 4.78 is 5.40. The Kier molecular flexibility index (Phi) is 4.66. The maximum Gasteiger partial charge on any atom is 0.205 e. The van der Waals surface area contributed by atoms with Crippen molar-refractivity contribution >= 4 is 16.5 Å². The number of aromatic nitrogens is 2. The summed E-state index contributed by atoms with van der Waals surface area (Å²) in [6.07, 6.45) is -0.0649. The first-order chi connectivity index (χ1) is 8.31. The van der Waals surface area contributed by atoms with Gasteiger partial charge in [0.2, 0.25) is 5.13 Å². The molecule has 0 amide bonds. The van der Waals surface area contributed by atoms with E-state index in [0.29, 0.717) is 6.61 Å². The van der Waals surface area contributed by atoms with E-state index in [-0.39, 0.29) is 12.7 Å². The minimum atomic E-state index is -0.0649. The van der Waals surface area contributed by atoms with Gasteiger partial charge in [-0.3, -0.25) is 4.90 Å². The monoisotopic (exact) mass is 258 g/mol. The van der Waals surface area contributed by atoms with E-state index in [0.717, 1.165) is 36.3 Å². The Hall–Kier alpha value is -0.760. The summed E-state index contributed by atoms with van der Waals surface area (Å²) in [4.78, 5) is 2.24. The van der Waals surface area contributed by atoms with E-state index < -0.39 is 0 Å². The van der Waals surface area contributed by atoms with Gasteiger partial charge in [-0.05, 0) is 6.92 Å². The third kappa shape index (κ3) is 3.60. The van der Waals surface area contributed by atoms with Crippen molar-refractivity contribution in [3.05, 3.63) is 5.01 Å². The summed E-state index contributed by atoms with van der Waals surface area (Å²) in [5, 5.41) is 22.3. The molecule has 0 saturated carbocycles. The fourth-order valence-corrected chi connectivity index (χ4v) is 2.62. The predicted molar refractivity (Wildman–Crippen MR) is 66.2 cm³/mol. The minimum absolute atomic E-state index is 0.0649. The number of hydrogen-bond donors (Lipinski definition) is 2. The van der Waals surface area contributed by atoms with Gasteiger partial charge in [0, 0.05) is 19.6 Å². The van der Waals surface area contributed by atoms with Crippen molar-refractivity contribution in [3.8, 4) is 0 Å². The van der Waals surface area contributed by atoms with E-state index in [9.17, 15) is 0 Å². The first kappa shape index (κ1) is 12.7. The molecule has 1 aromatic rings. The van der Waals surface area contributed by atoms with Crippen LogP contribution in [-0.2, 0) is 11.3 Å². The van der Waals surface area contributed by atoms with Crippen LogP contribution in [0, 0.1) is 0 Å². The quantitative estimate of drug-likeness (QED) is 0.784. The van der Waals surface area contributed by atoms with Gasteiger partial charge in [-0.2, -0.15) is 0 Å². The van der Waals surface area contributed by atoms with Gasteiger partial charge in [-0.1, -0.05) is 11.3 Å². The van der Waals surface area contributed by atoms with Gasteiger partial charge in [0.05, 0.1) is 25.9 Å². The van der Waals surface area contributed by atoms with E-state index in [4.69, 9.17) is 9.84 Å². The fraction of sp³-hybridized carbons (Fsp3) is 0.800. The highest BCUT2D eigenvalue weighted by molar-refractivity contribution is 7.15. The Morgan fingerprint density at radius 3 is 3.24 bits per heavy atom. The average molecular weight is 258 g/mol. The summed E-state index contributed by atoms with van der Waals surface area (Å²) >= 11 is 1.58. The van der Waals surface area contributed by atoms with Gasteiger partial charge < -0.3 is 15.2 Å². The number of aliphatic hydroxyl groups is 1. The molecular weight excluding hydrogens is 240 g/mol. The summed E-state index contributed by atoms with van der Waals surface area (Å²) in [7, 11) is 0. The molecule has 0 spiro atoms. The minimum Gasteiger partial charge on any atom is -0.394 e. The number of nitrogens with zero attached hydrogens (tertiary/aromatic N) is 3. The number of anilines is 1. The molecule has 1 saturated heterocycles. The van der Waals surface area contributed by atoms with Gasteiger partial charge in [0.25, 0.3) is 0 Å². The molecule has 1 aliphatic heterocycles. The van der Waals surface area contributed by atoms with Crippen molar-refractivity contribution in [2.24, 2.45) is 0 Å². The molecule has 2 heterocycles. The third-order valence-electron chi connectivity index (χ3n) is 2.58. The van der Waals surface area contributed by atoms with Gasteiger partial charge in [0.1, 0.15) is 5.01 Å². The lowest BCUT2D eigenvalue weighted by Crippen LogP contribution is -2.43. The lowest BCUT2D eigenvalue weighted by Gasteiger charge is -2.31. The second-order valence-electron chi connectivity index (χ2n) is 3.94. The standard InChI is InChI=1S/C10H18N4O2S/c1-2-11-10-13-12-9(17-10)6-14-3-4-16-8(5-14)7-15/h8,15H,2-7H2,1H3,(H,11,13). The van der Waals surface area contributed by atoms with Crippen LogP contribution in [0.1, 0.15) is 11.9 Å². The van der Waals surface area contributed by atoms with Crippen LogP contribution in [0.15, 0.2) is 0 Å². The molecule has 2 rings (SSSR count). The zero-order valence-corrected chi connectivity index (χ0v) is 10.7. The predicted octanol–water partition coefficient (Wildman–Crippen LogP) is 0.163. The first-order valence-electron chi connectivity index (χ1n) is 5.83. The maximum atomic E-state index is 9.06. The first-order valence-corrected chi connectivity index (χ1v) is 6.64. The number of nitrogens with one attached hydrogen (secondary N) is 1. The largest absolute Gasteiger partial charge is 0.394 e. The molecule has 0 aromatic carbocycles. The lowest BCUT2D eigenvalue weighted by molar-refractivity contribution is -0.0551. The molecule has 17 heavy (non-hydrogen) atoms. The molecule has 1 fully saturated rings. The van der Waals surface area contributed by atoms with Crippen molar-refractivity contribution in [2.45, 2.75) is 19.6 Å². The smallest absolute Gasteiger partial charge is 0.205 e. The van der Waals surface area contributed by atoms with Crippen LogP contribution >= 0.6 is 11.3 Å². The van der Waals surface area contributed by atoms with Crippen molar-refractivity contribution in [2.75, 3.05) is 38.2 Å². The van der Waals surface area contributed by atoms with Crippen LogP contribution in [0.4, 0.5) is 5.13 Å². The van der Waals surface area contributed by atoms with Crippen LogP contribution < -0.4 is 5.32 Å². The molecule has 7 heteroatoms. The van der Waals surface area contributed by atoms with Crippen LogP contribution in [0.5, 0.6) is 0 Å². The van der Waals surface area contributed by atoms with Crippen LogP contribution in [0.25, 0.3) is 0 Å². The number of rotatable bonds is 5. The van der Waals surface area contributed by atoms with Crippen molar-refractivity contribution in [1.82, 2.24) is 15.1 Å². The maximum absolute atomic E-state index is 9.06. The Morgan fingerprint density at radius 1 is 1.59 bits per heavy atom. The van der Waals surface area contributed by atoms with Gasteiger partial charge >= 0.3 is 0 Å². The van der Waals surface area contributed by atoms with Crippen LogP contribution in [0.2, 0.25) is 0 Å². The number of morpholine rings is 1. The second kappa shape index (κ2) is 6.25. The van der Waals surface area contributed by atoms with Crippen LogP contribution in [-0.4, -0.2) is 59.2 Å². The van der Waals surface area contributed by atoms with Gasteiger partial charge in [-0.25, -0.2) is 0 Å². The Balaban J connectivity index is 1.86. The van der Waals surface area contributed by atoms with E-state index in [1.807, 2.05) is 6.92 Å². The normalized spacial score (nSPS) is 21.6. The summed E-state index contributed by atoms with van der Waals surface area (Å²) in [5.41, 5.74) is 0. The second-order valence-corrected chi connectivity index (χ2v) is 5.00. The third-order valence-corrected chi connectivity index (χ3v) is 3.45. The highest BCUT2D eigenvalue weighted by atomic mass is 32.1. The number of aliphatic hydroxyl groups excluding tert-OH is 1. The van der Waals surface area contributed by atoms with Crippen LogP contribution in [0.3, 0.4) is 0 Å². The van der Waals surface area contributed by atoms with E-state index >= 15 is 0 Å². The van der Waals surface area contributed by atoms with Crippen molar-refractivity contribution in [1.29, 1.82) is 0 Å². The van der Waals surface area contributed by atoms with Crippen molar-refractivity contribution in [3.63, 3.8) is 0 Å². The van der Waals surface area contributed by atoms with E-state index in [2.05, 4.69) is 20.4 Å². The van der Waals surface area contributed by atoms with Crippen molar-refractivity contribution < 1.29 is 9.84 Å². The molecule has 0 aliphatic carbocycles. The Labute approximate surface area is 105 Å². The fourth-order valence-electron chi connectivity index (χ4n) is 1.77. The topological polar surface area (TPSA) is 70.5 Å². The number of ether oxygens (including phenoxy) is 1. The molecule has 1 atom stereocenters. The summed E-state index contributed by atoms with van der Waals surface area (Å²) in [6, 6.07) is 0. The average Bonchev–Trinajstić information content (AvgIpc) is 2.77. The summed E-state index contributed by atoms with van der Waals surface area (Å²) in [5.74, 6) is 0. The Bertz CT molecular complexity index is 347. The zero-order chi connectivity index (χ0) is 12.1. The number of hydrogen-bond acceptors (Lipinski definition) is 7. The van der Waals surface area contributed by atoms with E-state index in [1.54, 1.807) is 11.3 Å².